The third-order valence-electron chi connectivity index (χ3n) is 8.06. The fourth-order valence-corrected chi connectivity index (χ4v) is 5.74. The van der Waals surface area contributed by atoms with Crippen molar-refractivity contribution in [2.24, 2.45) is 5.41 Å². The Labute approximate surface area is 202 Å². The lowest BCUT2D eigenvalue weighted by molar-refractivity contribution is -0.384. The van der Waals surface area contributed by atoms with Crippen molar-refractivity contribution >= 4 is 17.1 Å². The van der Waals surface area contributed by atoms with E-state index in [0.717, 1.165) is 42.8 Å². The molecular formula is C25H29F2N5O3. The highest BCUT2D eigenvalue weighted by Crippen LogP contribution is 2.56. The van der Waals surface area contributed by atoms with Gasteiger partial charge in [0.1, 0.15) is 5.76 Å². The van der Waals surface area contributed by atoms with Crippen molar-refractivity contribution in [2.45, 2.75) is 57.0 Å². The topological polar surface area (TPSA) is 76.7 Å². The summed E-state index contributed by atoms with van der Waals surface area (Å²) >= 11 is 0. The maximum atomic E-state index is 13.9. The number of nitro benzene ring substituents is 1. The van der Waals surface area contributed by atoms with E-state index in [1.165, 1.54) is 18.9 Å². The quantitative estimate of drug-likeness (QED) is 0.439. The minimum atomic E-state index is -2.62. The predicted molar refractivity (Wildman–Crippen MR) is 127 cm³/mol. The number of non-ortho nitro benzene ring substituents is 1. The first kappa shape index (κ1) is 22.5. The second kappa shape index (κ2) is 8.29. The second-order valence-electron chi connectivity index (χ2n) is 10.3. The number of aromatic nitrogens is 2. The summed E-state index contributed by atoms with van der Waals surface area (Å²) in [7, 11) is 0. The van der Waals surface area contributed by atoms with Crippen molar-refractivity contribution in [1.82, 2.24) is 14.7 Å². The summed E-state index contributed by atoms with van der Waals surface area (Å²) in [5, 5.41) is 16.2. The van der Waals surface area contributed by atoms with Gasteiger partial charge in [-0.25, -0.2) is 13.5 Å². The summed E-state index contributed by atoms with van der Waals surface area (Å²) in [6.45, 7) is 2.03. The van der Waals surface area contributed by atoms with Crippen LogP contribution in [0, 0.1) is 15.5 Å². The zero-order chi connectivity index (χ0) is 24.2. The van der Waals surface area contributed by atoms with E-state index in [2.05, 4.69) is 14.9 Å². The molecule has 1 saturated carbocycles. The molecule has 0 N–H and O–H groups in total. The van der Waals surface area contributed by atoms with Crippen LogP contribution in [0.25, 0.3) is 11.4 Å². The molecule has 186 valence electrons. The van der Waals surface area contributed by atoms with Crippen LogP contribution in [0.3, 0.4) is 0 Å². The van der Waals surface area contributed by atoms with Crippen LogP contribution in [0.1, 0.15) is 50.5 Å². The smallest absolute Gasteiger partial charge is 0.271 e. The van der Waals surface area contributed by atoms with Crippen molar-refractivity contribution in [3.63, 3.8) is 0 Å². The van der Waals surface area contributed by atoms with E-state index >= 15 is 0 Å². The molecule has 35 heavy (non-hydrogen) atoms. The molecule has 1 aromatic carbocycles. The first-order valence-corrected chi connectivity index (χ1v) is 12.4. The van der Waals surface area contributed by atoms with Crippen LogP contribution in [0.4, 0.5) is 20.2 Å². The van der Waals surface area contributed by atoms with E-state index in [1.54, 1.807) is 23.0 Å². The zero-order valence-corrected chi connectivity index (χ0v) is 19.5. The number of likely N-dealkylation sites (tertiary alicyclic amines) is 1. The minimum absolute atomic E-state index is 0.00796. The number of hydrogen-bond acceptors (Lipinski definition) is 6. The molecule has 8 nitrogen and oxygen atoms in total. The van der Waals surface area contributed by atoms with Gasteiger partial charge in [-0.15, -0.1) is 0 Å². The lowest BCUT2D eigenvalue weighted by Crippen LogP contribution is -2.56. The number of benzene rings is 1. The summed E-state index contributed by atoms with van der Waals surface area (Å²) in [5.74, 6) is -1.83. The third-order valence-corrected chi connectivity index (χ3v) is 8.06. The van der Waals surface area contributed by atoms with E-state index in [1.807, 2.05) is 12.3 Å². The molecule has 2 aromatic rings. The van der Waals surface area contributed by atoms with Crippen molar-refractivity contribution in [3.05, 3.63) is 52.3 Å². The number of nitro groups is 1. The van der Waals surface area contributed by atoms with Gasteiger partial charge < -0.3 is 9.64 Å². The van der Waals surface area contributed by atoms with Crippen LogP contribution in [-0.2, 0) is 4.74 Å². The van der Waals surface area contributed by atoms with Crippen LogP contribution in [0.5, 0.6) is 0 Å². The van der Waals surface area contributed by atoms with Gasteiger partial charge in [-0.2, -0.15) is 5.10 Å². The van der Waals surface area contributed by atoms with Gasteiger partial charge in [0.25, 0.3) is 11.6 Å². The fourth-order valence-electron chi connectivity index (χ4n) is 5.74. The Balaban J connectivity index is 1.38. The van der Waals surface area contributed by atoms with Gasteiger partial charge in [0.2, 0.25) is 0 Å². The largest absolute Gasteiger partial charge is 0.493 e. The van der Waals surface area contributed by atoms with Gasteiger partial charge in [0.15, 0.2) is 0 Å². The predicted octanol–water partition coefficient (Wildman–Crippen LogP) is 4.98. The average Bonchev–Trinajstić information content (AvgIpc) is 3.22. The first-order chi connectivity index (χ1) is 16.8. The van der Waals surface area contributed by atoms with Gasteiger partial charge in [-0.05, 0) is 43.2 Å². The number of piperidine rings is 2. The van der Waals surface area contributed by atoms with Crippen molar-refractivity contribution in [3.8, 4) is 5.69 Å². The van der Waals surface area contributed by atoms with Gasteiger partial charge >= 0.3 is 0 Å². The highest BCUT2D eigenvalue weighted by Gasteiger charge is 2.51. The van der Waals surface area contributed by atoms with Crippen LogP contribution in [0.2, 0.25) is 0 Å². The molecule has 1 unspecified atom stereocenters. The van der Waals surface area contributed by atoms with E-state index in [-0.39, 0.29) is 35.0 Å². The highest BCUT2D eigenvalue weighted by molar-refractivity contribution is 5.68. The number of rotatable bonds is 5. The minimum Gasteiger partial charge on any atom is -0.493 e. The molecule has 3 fully saturated rings. The number of alkyl halides is 2. The van der Waals surface area contributed by atoms with Gasteiger partial charge in [-0.3, -0.25) is 15.0 Å². The van der Waals surface area contributed by atoms with Crippen LogP contribution in [0.15, 0.2) is 36.7 Å². The number of ether oxygens (including phenoxy) is 1. The molecule has 10 heteroatoms. The normalized spacial score (nSPS) is 25.4. The number of nitrogens with zero attached hydrogens (tertiary/aromatic N) is 5. The summed E-state index contributed by atoms with van der Waals surface area (Å²) in [6, 6.07) is 4.84. The Morgan fingerprint density at radius 1 is 1.09 bits per heavy atom. The lowest BCUT2D eigenvalue weighted by atomic mass is 9.89. The van der Waals surface area contributed by atoms with Crippen molar-refractivity contribution < 1.29 is 18.4 Å². The molecule has 1 aromatic heterocycles. The molecule has 3 aliphatic heterocycles. The third kappa shape index (κ3) is 4.28. The van der Waals surface area contributed by atoms with Gasteiger partial charge in [0, 0.05) is 57.2 Å². The Hall–Kier alpha value is -3.01. The lowest BCUT2D eigenvalue weighted by Gasteiger charge is -2.49. The molecule has 1 atom stereocenters. The van der Waals surface area contributed by atoms with Crippen LogP contribution < -0.4 is 4.90 Å². The Kier molecular flexibility index (Phi) is 5.32. The molecular weight excluding hydrogens is 456 g/mol. The molecule has 6 rings (SSSR count). The average molecular weight is 486 g/mol. The Morgan fingerprint density at radius 2 is 1.89 bits per heavy atom. The number of halogens is 2. The van der Waals surface area contributed by atoms with E-state index in [9.17, 15) is 18.9 Å². The molecule has 0 amide bonds. The van der Waals surface area contributed by atoms with E-state index in [0.29, 0.717) is 25.4 Å². The Morgan fingerprint density at radius 3 is 2.57 bits per heavy atom. The zero-order valence-electron chi connectivity index (χ0n) is 19.5. The molecule has 2 saturated heterocycles. The van der Waals surface area contributed by atoms with Crippen LogP contribution >= 0.6 is 0 Å². The molecule has 0 bridgehead atoms. The SMILES string of the molecule is O=[N+]([O-])c1ccc(-n2cc(C3=CCCO3)cn2)c(N2CCC3(CC3)CC2N2CCC(F)(F)CC2)c1. The Bertz CT molecular complexity index is 1170. The van der Waals surface area contributed by atoms with E-state index in [4.69, 9.17) is 4.74 Å². The monoisotopic (exact) mass is 485 g/mol. The molecule has 1 aliphatic carbocycles. The van der Waals surface area contributed by atoms with E-state index < -0.39 is 5.92 Å². The highest BCUT2D eigenvalue weighted by atomic mass is 19.3. The number of anilines is 1. The fraction of sp³-hybridized carbons (Fsp3) is 0.560. The van der Waals surface area contributed by atoms with Crippen molar-refractivity contribution in [1.29, 1.82) is 0 Å². The molecule has 4 aliphatic rings. The molecule has 0 radical (unpaired) electrons. The van der Waals surface area contributed by atoms with Crippen LogP contribution in [-0.4, -0.2) is 57.9 Å². The van der Waals surface area contributed by atoms with Gasteiger partial charge in [0.05, 0.1) is 40.8 Å². The summed E-state index contributed by atoms with van der Waals surface area (Å²) in [5.41, 5.74) is 2.60. The summed E-state index contributed by atoms with van der Waals surface area (Å²) in [6.07, 6.45) is 10.4. The number of hydrogen-bond donors (Lipinski definition) is 0. The van der Waals surface area contributed by atoms with Crippen molar-refractivity contribution in [2.75, 3.05) is 31.1 Å². The standard InChI is InChI=1S/C25H29F2N5O3/c26-25(27)8-10-29(11-9-25)23-15-24(5-6-24)7-12-30(23)21-14-19(32(33)34)3-4-20(21)31-17-18(16-28-31)22-2-1-13-35-22/h2-4,14,16-17,23H,1,5-13,15H2. The summed E-state index contributed by atoms with van der Waals surface area (Å²) in [4.78, 5) is 15.6. The maximum absolute atomic E-state index is 13.9. The maximum Gasteiger partial charge on any atom is 0.271 e. The van der Waals surface area contributed by atoms with Gasteiger partial charge in [-0.1, -0.05) is 0 Å². The second-order valence-corrected chi connectivity index (χ2v) is 10.3. The molecule has 4 heterocycles. The molecule has 1 spiro atoms. The summed E-state index contributed by atoms with van der Waals surface area (Å²) < 4.78 is 35.3. The first-order valence-electron chi connectivity index (χ1n) is 12.4.